The number of allylic oxidation sites excluding steroid dienone is 1. The summed E-state index contributed by atoms with van der Waals surface area (Å²) in [4.78, 5) is 12.5. The van der Waals surface area contributed by atoms with Crippen LogP contribution in [0.1, 0.15) is 21.5 Å². The van der Waals surface area contributed by atoms with E-state index in [4.69, 9.17) is 8.92 Å². The minimum Gasteiger partial charge on any atom is -0.452 e. The Bertz CT molecular complexity index is 976. The summed E-state index contributed by atoms with van der Waals surface area (Å²) < 4.78 is 46.5. The van der Waals surface area contributed by atoms with Crippen molar-refractivity contribution in [2.75, 3.05) is 6.26 Å². The van der Waals surface area contributed by atoms with Crippen molar-refractivity contribution < 1.29 is 26.5 Å². The molecule has 0 unspecified atom stereocenters. The first-order chi connectivity index (χ1) is 11.2. The highest BCUT2D eigenvalue weighted by molar-refractivity contribution is 7.86. The SMILES string of the molecule is Cc1cc(OS(C)(=O)=O)cc2c1C(=O)C(=Cc1ccccc1F)O2. The highest BCUT2D eigenvalue weighted by atomic mass is 32.2. The fraction of sp³-hybridized carbons (Fsp3) is 0.118. The molecule has 0 atom stereocenters. The van der Waals surface area contributed by atoms with Crippen molar-refractivity contribution in [1.29, 1.82) is 0 Å². The van der Waals surface area contributed by atoms with Gasteiger partial charge in [-0.05, 0) is 30.7 Å². The fourth-order valence-electron chi connectivity index (χ4n) is 2.43. The van der Waals surface area contributed by atoms with Crippen LogP contribution in [0.2, 0.25) is 0 Å². The summed E-state index contributed by atoms with van der Waals surface area (Å²) in [5.41, 5.74) is 1.03. The third kappa shape index (κ3) is 3.16. The number of carbonyl (C=O) groups excluding carboxylic acids is 1. The van der Waals surface area contributed by atoms with Crippen molar-refractivity contribution in [2.24, 2.45) is 0 Å². The molecule has 0 saturated carbocycles. The summed E-state index contributed by atoms with van der Waals surface area (Å²) in [6, 6.07) is 8.75. The van der Waals surface area contributed by atoms with E-state index in [1.54, 1.807) is 19.1 Å². The maximum atomic E-state index is 13.7. The van der Waals surface area contributed by atoms with Gasteiger partial charge in [-0.25, -0.2) is 4.39 Å². The summed E-state index contributed by atoms with van der Waals surface area (Å²) in [5, 5.41) is 0. The van der Waals surface area contributed by atoms with Gasteiger partial charge in [-0.1, -0.05) is 18.2 Å². The summed E-state index contributed by atoms with van der Waals surface area (Å²) in [6.07, 6.45) is 2.24. The number of halogens is 1. The Morgan fingerprint density at radius 2 is 1.92 bits per heavy atom. The largest absolute Gasteiger partial charge is 0.452 e. The lowest BCUT2D eigenvalue weighted by molar-refractivity contribution is 0.101. The first-order valence-corrected chi connectivity index (χ1v) is 8.79. The standard InChI is InChI=1S/C17H13FO5S/c1-10-7-12(23-24(2,20)21)9-14-16(10)17(19)15(22-14)8-11-5-3-4-6-13(11)18/h3-9H,1-2H3. The van der Waals surface area contributed by atoms with Crippen LogP contribution < -0.4 is 8.92 Å². The molecule has 0 spiro atoms. The number of ketones is 1. The molecule has 0 aromatic heterocycles. The fourth-order valence-corrected chi connectivity index (χ4v) is 2.88. The number of rotatable bonds is 3. The molecular formula is C17H13FO5S. The molecule has 24 heavy (non-hydrogen) atoms. The van der Waals surface area contributed by atoms with Gasteiger partial charge < -0.3 is 8.92 Å². The van der Waals surface area contributed by atoms with E-state index in [0.29, 0.717) is 11.1 Å². The van der Waals surface area contributed by atoms with Crippen molar-refractivity contribution in [3.05, 3.63) is 64.7 Å². The van der Waals surface area contributed by atoms with Crippen LogP contribution in [-0.2, 0) is 10.1 Å². The maximum absolute atomic E-state index is 13.7. The van der Waals surface area contributed by atoms with Crippen LogP contribution in [-0.4, -0.2) is 20.5 Å². The number of ether oxygens (including phenoxy) is 1. The average Bonchev–Trinajstić information content (AvgIpc) is 2.76. The van der Waals surface area contributed by atoms with E-state index in [9.17, 15) is 17.6 Å². The number of Topliss-reactive ketones (excluding diaryl/α,β-unsaturated/α-hetero) is 1. The van der Waals surface area contributed by atoms with Crippen molar-refractivity contribution in [1.82, 2.24) is 0 Å². The van der Waals surface area contributed by atoms with Crippen LogP contribution >= 0.6 is 0 Å². The summed E-state index contributed by atoms with van der Waals surface area (Å²) in [5.74, 6) is -0.670. The van der Waals surface area contributed by atoms with E-state index in [1.165, 1.54) is 30.3 Å². The monoisotopic (exact) mass is 348 g/mol. The molecule has 2 aromatic carbocycles. The van der Waals surface area contributed by atoms with Gasteiger partial charge in [0.1, 0.15) is 17.3 Å². The molecule has 7 heteroatoms. The minimum atomic E-state index is -3.70. The molecule has 0 radical (unpaired) electrons. The Hall–Kier alpha value is -2.67. The van der Waals surface area contributed by atoms with Gasteiger partial charge in [-0.15, -0.1) is 0 Å². The van der Waals surface area contributed by atoms with E-state index in [2.05, 4.69) is 0 Å². The zero-order chi connectivity index (χ0) is 17.5. The van der Waals surface area contributed by atoms with Gasteiger partial charge >= 0.3 is 10.1 Å². The highest BCUT2D eigenvalue weighted by Gasteiger charge is 2.30. The Morgan fingerprint density at radius 1 is 1.21 bits per heavy atom. The van der Waals surface area contributed by atoms with Crippen LogP contribution in [0, 0.1) is 12.7 Å². The summed E-state index contributed by atoms with van der Waals surface area (Å²) in [6.45, 7) is 1.64. The molecule has 0 aliphatic carbocycles. The lowest BCUT2D eigenvalue weighted by Gasteiger charge is -2.06. The molecule has 1 aliphatic heterocycles. The topological polar surface area (TPSA) is 69.7 Å². The van der Waals surface area contributed by atoms with Crippen LogP contribution in [0.4, 0.5) is 4.39 Å². The molecule has 1 heterocycles. The predicted molar refractivity (Wildman–Crippen MR) is 86.0 cm³/mol. The first-order valence-electron chi connectivity index (χ1n) is 6.97. The molecule has 2 aromatic rings. The number of hydrogen-bond acceptors (Lipinski definition) is 5. The van der Waals surface area contributed by atoms with Crippen molar-refractivity contribution in [3.63, 3.8) is 0 Å². The van der Waals surface area contributed by atoms with Crippen molar-refractivity contribution >= 4 is 22.0 Å². The van der Waals surface area contributed by atoms with E-state index >= 15 is 0 Å². The summed E-state index contributed by atoms with van der Waals surface area (Å²) >= 11 is 0. The van der Waals surface area contributed by atoms with E-state index in [1.807, 2.05) is 0 Å². The summed E-state index contributed by atoms with van der Waals surface area (Å²) in [7, 11) is -3.70. The molecule has 5 nitrogen and oxygen atoms in total. The lowest BCUT2D eigenvalue weighted by atomic mass is 10.0. The van der Waals surface area contributed by atoms with Gasteiger partial charge in [0.2, 0.25) is 5.78 Å². The van der Waals surface area contributed by atoms with Crippen LogP contribution in [0.3, 0.4) is 0 Å². The molecule has 0 saturated heterocycles. The minimum absolute atomic E-state index is 0.0327. The third-order valence-electron chi connectivity index (χ3n) is 3.38. The lowest BCUT2D eigenvalue weighted by Crippen LogP contribution is -2.06. The number of hydrogen-bond donors (Lipinski definition) is 0. The van der Waals surface area contributed by atoms with Crippen LogP contribution in [0.25, 0.3) is 6.08 Å². The number of aryl methyl sites for hydroxylation is 1. The van der Waals surface area contributed by atoms with Crippen LogP contribution in [0.15, 0.2) is 42.2 Å². The van der Waals surface area contributed by atoms with E-state index < -0.39 is 21.7 Å². The quantitative estimate of drug-likeness (QED) is 0.630. The average molecular weight is 348 g/mol. The Morgan fingerprint density at radius 3 is 2.58 bits per heavy atom. The highest BCUT2D eigenvalue weighted by Crippen LogP contribution is 2.37. The zero-order valence-electron chi connectivity index (χ0n) is 12.9. The second kappa shape index (κ2) is 5.76. The molecular weight excluding hydrogens is 335 g/mol. The second-order valence-electron chi connectivity index (χ2n) is 5.36. The molecule has 0 N–H and O–H groups in total. The third-order valence-corrected chi connectivity index (χ3v) is 3.88. The number of carbonyl (C=O) groups is 1. The van der Waals surface area contributed by atoms with Gasteiger partial charge in [0.05, 0.1) is 11.8 Å². The number of fused-ring (bicyclic) bond motifs is 1. The van der Waals surface area contributed by atoms with Gasteiger partial charge in [0.25, 0.3) is 0 Å². The Labute approximate surface area is 138 Å². The molecule has 1 aliphatic rings. The number of benzene rings is 2. The molecule has 0 bridgehead atoms. The van der Waals surface area contributed by atoms with Gasteiger partial charge in [0.15, 0.2) is 5.76 Å². The molecule has 0 fully saturated rings. The Balaban J connectivity index is 2.01. The second-order valence-corrected chi connectivity index (χ2v) is 6.94. The van der Waals surface area contributed by atoms with Gasteiger partial charge in [-0.3, -0.25) is 4.79 Å². The van der Waals surface area contributed by atoms with Gasteiger partial charge in [-0.2, -0.15) is 8.42 Å². The van der Waals surface area contributed by atoms with E-state index in [-0.39, 0.29) is 22.8 Å². The van der Waals surface area contributed by atoms with Crippen molar-refractivity contribution in [2.45, 2.75) is 6.92 Å². The smallest absolute Gasteiger partial charge is 0.306 e. The van der Waals surface area contributed by atoms with Gasteiger partial charge in [0, 0.05) is 11.6 Å². The molecule has 0 amide bonds. The van der Waals surface area contributed by atoms with Crippen LogP contribution in [0.5, 0.6) is 11.5 Å². The Kier molecular flexibility index (Phi) is 3.88. The maximum Gasteiger partial charge on any atom is 0.306 e. The van der Waals surface area contributed by atoms with E-state index in [0.717, 1.165) is 6.26 Å². The first kappa shape index (κ1) is 16.2. The normalized spacial score (nSPS) is 15.3. The van der Waals surface area contributed by atoms with Crippen molar-refractivity contribution in [3.8, 4) is 11.5 Å². The molecule has 124 valence electrons. The zero-order valence-corrected chi connectivity index (χ0v) is 13.7. The molecule has 3 rings (SSSR count). The predicted octanol–water partition coefficient (Wildman–Crippen LogP) is 3.09.